The summed E-state index contributed by atoms with van der Waals surface area (Å²) in [6, 6.07) is -0.849. The van der Waals surface area contributed by atoms with Crippen molar-refractivity contribution < 1.29 is 89.9 Å². The zero-order valence-electron chi connectivity index (χ0n) is 8.37. The Hall–Kier alpha value is 1.61. The van der Waals surface area contributed by atoms with E-state index in [1.807, 2.05) is 0 Å². The van der Waals surface area contributed by atoms with E-state index < -0.39 is 35.4 Å². The normalized spacial score (nSPS) is 17.8. The van der Waals surface area contributed by atoms with Gasteiger partial charge < -0.3 is 49.6 Å². The molecule has 0 spiro atoms. The molecule has 6 nitrogen and oxygen atoms in total. The molecule has 0 fully saturated rings. The fraction of sp³-hybridized carbons (Fsp3) is 1.00. The summed E-state index contributed by atoms with van der Waals surface area (Å²) in [6.07, 6.45) is -4.24. The third-order valence-corrected chi connectivity index (χ3v) is 2.54. The summed E-state index contributed by atoms with van der Waals surface area (Å²) >= 11 is 1.77. The van der Waals surface area contributed by atoms with Gasteiger partial charge in [-0.05, 0) is 0 Å². The van der Waals surface area contributed by atoms with Crippen LogP contribution < -0.4 is 61.1 Å². The van der Waals surface area contributed by atoms with E-state index in [1.165, 1.54) is 0 Å². The molecule has 5 atom stereocenters. The van der Waals surface area contributed by atoms with Crippen molar-refractivity contribution in [3.8, 4) is 0 Å². The third kappa shape index (κ3) is 11.2. The summed E-state index contributed by atoms with van der Waals surface area (Å²) in [5.41, 5.74) is 10.8. The molecule has 0 aromatic heterocycles. The maximum Gasteiger partial charge on any atom is -1.00 e. The van der Waals surface area contributed by atoms with Gasteiger partial charge in [-0.15, -0.1) is 0 Å². The monoisotopic (exact) mass is 514 g/mol. The molecular weight excluding hydrogens is 501 g/mol. The Balaban J connectivity index is -0.000000120. The summed E-state index contributed by atoms with van der Waals surface area (Å²) in [7, 11) is 0. The maximum absolute atomic E-state index is 9.33. The van der Waals surface area contributed by atoms with Gasteiger partial charge in [0.25, 0.3) is 0 Å². The van der Waals surface area contributed by atoms with Crippen LogP contribution in [-0.4, -0.2) is 55.8 Å². The predicted molar refractivity (Wildman–Crippen MR) is 41.1 cm³/mol. The molecule has 0 heterocycles. The number of halogens is 4. The van der Waals surface area contributed by atoms with Crippen LogP contribution in [-0.2, 0) is 19.8 Å². The minimum atomic E-state index is -1.48. The van der Waals surface area contributed by atoms with E-state index in [2.05, 4.69) is 0 Å². The molecule has 0 aliphatic rings. The van der Waals surface area contributed by atoms with Crippen LogP contribution in [0, 0.1) is 0 Å². The molecule has 0 bridgehead atoms. The van der Waals surface area contributed by atoms with Gasteiger partial charge >= 0.3 is 87.1 Å². The second-order valence-electron chi connectivity index (χ2n) is 2.71. The molecule has 11 heteroatoms. The van der Waals surface area contributed by atoms with Crippen LogP contribution in [0.1, 0.15) is 0 Å². The van der Waals surface area contributed by atoms with Crippen molar-refractivity contribution in [2.24, 2.45) is 11.5 Å². The molecule has 0 saturated heterocycles. The molecule has 8 N–H and O–H groups in total. The van der Waals surface area contributed by atoms with Crippen molar-refractivity contribution in [3.05, 3.63) is 0 Å². The molecule has 0 radical (unpaired) electrons. The van der Waals surface area contributed by atoms with Crippen molar-refractivity contribution in [1.82, 2.24) is 0 Å². The largest absolute Gasteiger partial charge is 1.00 e. The van der Waals surface area contributed by atoms with E-state index in [-0.39, 0.29) is 49.6 Å². The van der Waals surface area contributed by atoms with Gasteiger partial charge in [0, 0.05) is 0 Å². The Bertz CT molecular complexity index is 162. The van der Waals surface area contributed by atoms with Gasteiger partial charge in [-0.1, -0.05) is 0 Å². The fourth-order valence-electron chi connectivity index (χ4n) is 0.739. The zero-order chi connectivity index (χ0) is 10.6. The Kier molecular flexibility index (Phi) is 28.7. The zero-order valence-corrected chi connectivity index (χ0v) is 13.7. The number of hydrogen-bond donors (Lipinski definition) is 6. The van der Waals surface area contributed by atoms with E-state index in [4.69, 9.17) is 21.7 Å². The summed E-state index contributed by atoms with van der Waals surface area (Å²) in [5.74, 6) is 0. The number of aliphatic hydroxyl groups excluding tert-OH is 4. The fourth-order valence-corrected chi connectivity index (χ4v) is 1.19. The maximum atomic E-state index is 9.33. The average Bonchev–Trinajstić information content (AvgIpc) is 2.12. The number of rotatable bonds is 5. The minimum absolute atomic E-state index is 0. The Morgan fingerprint density at radius 2 is 1.24 bits per heavy atom. The SMILES string of the molecule is N[CH]([Pt+4])[C@H](N)[C@@H](O)[C@H](O)[C@H](O)CO.[Cl-].[Cl-].[Cl-].[Cl-]. The van der Waals surface area contributed by atoms with Gasteiger partial charge in [-0.25, -0.2) is 0 Å². The quantitative estimate of drug-likeness (QED) is 0.215. The second-order valence-corrected chi connectivity index (χ2v) is 4.23. The Labute approximate surface area is 136 Å². The van der Waals surface area contributed by atoms with Gasteiger partial charge in [0.2, 0.25) is 0 Å². The molecule has 0 rings (SSSR count). The molecule has 0 saturated carbocycles. The van der Waals surface area contributed by atoms with Gasteiger partial charge in [0.05, 0.1) is 0 Å². The van der Waals surface area contributed by atoms with E-state index in [0.29, 0.717) is 0 Å². The average molecular weight is 516 g/mol. The van der Waals surface area contributed by atoms with E-state index in [1.54, 1.807) is 19.8 Å². The van der Waals surface area contributed by atoms with Crippen LogP contribution in [0.4, 0.5) is 0 Å². The van der Waals surface area contributed by atoms with Crippen molar-refractivity contribution in [3.63, 3.8) is 0 Å². The number of aliphatic hydroxyl groups is 4. The number of nitrogens with two attached hydrogens (primary N) is 2. The summed E-state index contributed by atoms with van der Waals surface area (Å²) < 4.78 is -0.532. The van der Waals surface area contributed by atoms with Gasteiger partial charge in [0.15, 0.2) is 0 Å². The van der Waals surface area contributed by atoms with Crippen LogP contribution in [0.15, 0.2) is 0 Å². The molecule has 0 aliphatic heterocycles. The first kappa shape index (κ1) is 31.2. The van der Waals surface area contributed by atoms with Crippen LogP contribution in [0.25, 0.3) is 0 Å². The molecule has 0 aromatic carbocycles. The first-order chi connectivity index (χ1) is 5.91. The van der Waals surface area contributed by atoms with E-state index in [9.17, 15) is 10.2 Å². The third-order valence-electron chi connectivity index (χ3n) is 1.67. The first-order valence-electron chi connectivity index (χ1n) is 3.68. The van der Waals surface area contributed by atoms with Crippen molar-refractivity contribution in [2.45, 2.75) is 28.8 Å². The molecule has 0 amide bonds. The number of hydrogen-bond acceptors (Lipinski definition) is 6. The summed E-state index contributed by atoms with van der Waals surface area (Å²) in [6.45, 7) is -0.637. The Morgan fingerprint density at radius 1 is 0.882 bits per heavy atom. The van der Waals surface area contributed by atoms with Crippen molar-refractivity contribution >= 4 is 0 Å². The van der Waals surface area contributed by atoms with Crippen LogP contribution >= 0.6 is 0 Å². The molecule has 0 aliphatic carbocycles. The Morgan fingerprint density at radius 3 is 1.47 bits per heavy atom. The molecule has 111 valence electrons. The standard InChI is InChI=1S/C6H15N2O4.4ClH.Pt/c7-1-3(8)5(11)6(12)4(10)2-9;;;;;/h1,3-6,9-12H,2,7-8H2;4*1H;/q;;;;;+4/p-4/t3-,4+,5+,6+;;;;;/m0...../s1. The minimum Gasteiger partial charge on any atom is -1.00 e. The summed E-state index contributed by atoms with van der Waals surface area (Å²) in [5, 5.41) is 36.0. The molecular formula is C6H15Cl4N2O4Pt. The second kappa shape index (κ2) is 15.7. The molecule has 1 unspecified atom stereocenters. The van der Waals surface area contributed by atoms with E-state index in [0.717, 1.165) is 0 Å². The van der Waals surface area contributed by atoms with Crippen molar-refractivity contribution in [2.75, 3.05) is 6.61 Å². The van der Waals surface area contributed by atoms with Gasteiger partial charge in [0.1, 0.15) is 0 Å². The smallest absolute Gasteiger partial charge is 1.00 e. The van der Waals surface area contributed by atoms with Crippen molar-refractivity contribution in [1.29, 1.82) is 0 Å². The summed E-state index contributed by atoms with van der Waals surface area (Å²) in [4.78, 5) is 0. The van der Waals surface area contributed by atoms with Gasteiger partial charge in [-0.3, -0.25) is 0 Å². The topological polar surface area (TPSA) is 133 Å². The van der Waals surface area contributed by atoms with Crippen LogP contribution in [0.5, 0.6) is 0 Å². The van der Waals surface area contributed by atoms with Gasteiger partial charge in [-0.2, -0.15) is 0 Å². The molecule has 17 heavy (non-hydrogen) atoms. The van der Waals surface area contributed by atoms with E-state index >= 15 is 0 Å². The predicted octanol–water partition coefficient (Wildman–Crippen LogP) is -15.8. The molecule has 0 aromatic rings. The first-order valence-corrected chi connectivity index (χ1v) is 4.99. The van der Waals surface area contributed by atoms with Crippen LogP contribution in [0.3, 0.4) is 0 Å². The van der Waals surface area contributed by atoms with Crippen LogP contribution in [0.2, 0.25) is 0 Å².